The lowest BCUT2D eigenvalue weighted by molar-refractivity contribution is -0.0871. The molecule has 2 aromatic carbocycles. The second kappa shape index (κ2) is 10.6. The highest BCUT2D eigenvalue weighted by molar-refractivity contribution is 5.77. The number of hydrogen-bond acceptors (Lipinski definition) is 7. The molecule has 1 unspecified atom stereocenters. The van der Waals surface area contributed by atoms with Crippen molar-refractivity contribution in [2.24, 2.45) is 0 Å². The van der Waals surface area contributed by atoms with Gasteiger partial charge in [0.2, 0.25) is 6.41 Å². The van der Waals surface area contributed by atoms with Crippen LogP contribution in [0.15, 0.2) is 54.9 Å². The van der Waals surface area contributed by atoms with E-state index in [1.165, 1.54) is 0 Å². The van der Waals surface area contributed by atoms with Crippen molar-refractivity contribution in [3.63, 3.8) is 0 Å². The summed E-state index contributed by atoms with van der Waals surface area (Å²) in [6.07, 6.45) is 2.46. The number of anilines is 2. The van der Waals surface area contributed by atoms with Gasteiger partial charge in [0, 0.05) is 24.8 Å². The van der Waals surface area contributed by atoms with Crippen LogP contribution in [0.3, 0.4) is 0 Å². The first-order chi connectivity index (χ1) is 14.5. The topological polar surface area (TPSA) is 94.7 Å². The Morgan fingerprint density at radius 3 is 2.73 bits per heavy atom. The smallest absolute Gasteiger partial charge is 0.235 e. The number of benzene rings is 2. The highest BCUT2D eigenvalue weighted by atomic mass is 16.6. The second-order valence-corrected chi connectivity index (χ2v) is 7.14. The molecule has 8 heteroatoms. The number of nitrogens with zero attached hydrogens (tertiary/aromatic N) is 2. The van der Waals surface area contributed by atoms with Crippen molar-refractivity contribution in [3.8, 4) is 16.9 Å². The van der Waals surface area contributed by atoms with E-state index >= 15 is 0 Å². The summed E-state index contributed by atoms with van der Waals surface area (Å²) in [7, 11) is 5.67. The average Bonchev–Trinajstić information content (AvgIpc) is 3.28. The van der Waals surface area contributed by atoms with Crippen LogP contribution in [0.1, 0.15) is 5.56 Å². The van der Waals surface area contributed by atoms with Gasteiger partial charge in [0.15, 0.2) is 0 Å². The Hall–Kier alpha value is -3.07. The van der Waals surface area contributed by atoms with E-state index in [4.69, 9.17) is 9.47 Å². The normalized spacial score (nSPS) is 12.0. The molecule has 1 aromatic heterocycles. The number of likely N-dealkylation sites (N-methyl/N-ethyl adjacent to an activating group) is 1. The molecule has 8 nitrogen and oxygen atoms in total. The van der Waals surface area contributed by atoms with Gasteiger partial charge in [-0.05, 0) is 49.5 Å². The van der Waals surface area contributed by atoms with Gasteiger partial charge in [0.05, 0.1) is 31.3 Å². The maximum absolute atomic E-state index is 10.4. The highest BCUT2D eigenvalue weighted by Crippen LogP contribution is 2.29. The molecule has 160 valence electrons. The lowest BCUT2D eigenvalue weighted by Crippen LogP contribution is -2.24. The van der Waals surface area contributed by atoms with Crippen LogP contribution in [0.5, 0.6) is 5.75 Å². The minimum Gasteiger partial charge on any atom is -0.497 e. The molecule has 0 fully saturated rings. The maximum Gasteiger partial charge on any atom is 0.235 e. The third-order valence-electron chi connectivity index (χ3n) is 4.55. The molecule has 0 saturated carbocycles. The van der Waals surface area contributed by atoms with E-state index in [1.807, 2.05) is 62.8 Å². The first-order valence-corrected chi connectivity index (χ1v) is 9.76. The van der Waals surface area contributed by atoms with Crippen LogP contribution >= 0.6 is 0 Å². The van der Waals surface area contributed by atoms with Gasteiger partial charge in [-0.2, -0.15) is 5.10 Å². The average molecular weight is 412 g/mol. The monoisotopic (exact) mass is 411 g/mol. The van der Waals surface area contributed by atoms with E-state index in [2.05, 4.69) is 25.7 Å². The zero-order valence-corrected chi connectivity index (χ0v) is 17.6. The quantitative estimate of drug-likeness (QED) is 0.360. The number of rotatable bonds is 11. The Balaban J connectivity index is 1.67. The summed E-state index contributed by atoms with van der Waals surface area (Å²) in [5.74, 6) is 0.751. The van der Waals surface area contributed by atoms with Crippen LogP contribution < -0.4 is 15.4 Å². The molecule has 0 aliphatic heterocycles. The fourth-order valence-corrected chi connectivity index (χ4v) is 2.93. The fraction of sp³-hybridized carbons (Fsp3) is 0.318. The Kier molecular flexibility index (Phi) is 7.67. The lowest BCUT2D eigenvalue weighted by Gasteiger charge is -2.20. The van der Waals surface area contributed by atoms with Gasteiger partial charge < -0.3 is 30.1 Å². The number of aromatic amines is 1. The third kappa shape index (κ3) is 6.21. The van der Waals surface area contributed by atoms with Crippen LogP contribution in [0.2, 0.25) is 0 Å². The van der Waals surface area contributed by atoms with Gasteiger partial charge in [0.1, 0.15) is 5.75 Å². The van der Waals surface area contributed by atoms with Crippen LogP contribution in [-0.2, 0) is 11.3 Å². The molecule has 3 aromatic rings. The number of aromatic nitrogens is 2. The Labute approximate surface area is 176 Å². The van der Waals surface area contributed by atoms with Gasteiger partial charge in [-0.15, -0.1) is 0 Å². The van der Waals surface area contributed by atoms with Crippen LogP contribution in [-0.4, -0.2) is 60.9 Å². The van der Waals surface area contributed by atoms with E-state index in [-0.39, 0.29) is 6.61 Å². The Bertz CT molecular complexity index is 915. The minimum absolute atomic E-state index is 0.252. The standard InChI is InChI=1S/C22H29N5O3/c1-27(2)10-9-23-21-12-17(18-13-24-25-14-18)7-8-20(21)26-22(28)30-15-16-5-4-6-19(11-16)29-3/h4-8,11-14,22-23,26,28H,9-10,15H2,1-3H3,(H,24,25). The molecular formula is C22H29N5O3. The number of H-pyrrole nitrogens is 1. The first-order valence-electron chi connectivity index (χ1n) is 9.76. The van der Waals surface area contributed by atoms with E-state index in [1.54, 1.807) is 13.3 Å². The molecule has 0 bridgehead atoms. The number of aliphatic hydroxyl groups excluding tert-OH is 1. The number of nitrogens with one attached hydrogen (secondary N) is 3. The SMILES string of the molecule is COc1cccc(COC(O)Nc2ccc(-c3cn[nH]c3)cc2NCCN(C)C)c1. The molecule has 0 aliphatic rings. The van der Waals surface area contributed by atoms with Gasteiger partial charge in [0.25, 0.3) is 0 Å². The number of methoxy groups -OCH3 is 1. The molecule has 0 spiro atoms. The van der Waals surface area contributed by atoms with Crippen LogP contribution in [0.4, 0.5) is 11.4 Å². The first kappa shape index (κ1) is 21.6. The zero-order valence-electron chi connectivity index (χ0n) is 17.6. The van der Waals surface area contributed by atoms with Crippen molar-refractivity contribution in [1.82, 2.24) is 15.1 Å². The lowest BCUT2D eigenvalue weighted by atomic mass is 10.1. The van der Waals surface area contributed by atoms with E-state index < -0.39 is 6.41 Å². The van der Waals surface area contributed by atoms with Crippen molar-refractivity contribution in [2.45, 2.75) is 13.0 Å². The molecule has 1 atom stereocenters. The number of hydrogen-bond donors (Lipinski definition) is 4. The van der Waals surface area contributed by atoms with Gasteiger partial charge in [-0.3, -0.25) is 5.10 Å². The zero-order chi connectivity index (χ0) is 21.3. The predicted molar refractivity (Wildman–Crippen MR) is 118 cm³/mol. The number of aliphatic hydroxyl groups is 1. The van der Waals surface area contributed by atoms with Crippen molar-refractivity contribution in [2.75, 3.05) is 44.9 Å². The molecule has 0 aliphatic carbocycles. The van der Waals surface area contributed by atoms with Crippen LogP contribution in [0.25, 0.3) is 11.1 Å². The van der Waals surface area contributed by atoms with Crippen molar-refractivity contribution >= 4 is 11.4 Å². The van der Waals surface area contributed by atoms with Gasteiger partial charge in [-0.1, -0.05) is 18.2 Å². The molecule has 3 rings (SSSR count). The summed E-state index contributed by atoms with van der Waals surface area (Å²) in [5, 5.41) is 23.7. The van der Waals surface area contributed by atoms with E-state index in [0.29, 0.717) is 0 Å². The van der Waals surface area contributed by atoms with Gasteiger partial charge in [-0.25, -0.2) is 0 Å². The molecular weight excluding hydrogens is 382 g/mol. The highest BCUT2D eigenvalue weighted by Gasteiger charge is 2.11. The summed E-state index contributed by atoms with van der Waals surface area (Å²) in [6.45, 7) is 1.89. The molecule has 0 amide bonds. The summed E-state index contributed by atoms with van der Waals surface area (Å²) in [4.78, 5) is 2.10. The molecule has 0 saturated heterocycles. The van der Waals surface area contributed by atoms with Gasteiger partial charge >= 0.3 is 0 Å². The molecule has 1 heterocycles. The molecule has 4 N–H and O–H groups in total. The van der Waals surface area contributed by atoms with Crippen LogP contribution in [0, 0.1) is 0 Å². The van der Waals surface area contributed by atoms with Crippen molar-refractivity contribution in [1.29, 1.82) is 0 Å². The summed E-state index contributed by atoms with van der Waals surface area (Å²) >= 11 is 0. The summed E-state index contributed by atoms with van der Waals surface area (Å²) < 4.78 is 10.8. The summed E-state index contributed by atoms with van der Waals surface area (Å²) in [6, 6.07) is 13.5. The predicted octanol–water partition coefficient (Wildman–Crippen LogP) is 2.96. The second-order valence-electron chi connectivity index (χ2n) is 7.14. The minimum atomic E-state index is -1.16. The Morgan fingerprint density at radius 2 is 2.00 bits per heavy atom. The third-order valence-corrected chi connectivity index (χ3v) is 4.55. The Morgan fingerprint density at radius 1 is 1.13 bits per heavy atom. The number of ether oxygens (including phenoxy) is 2. The molecule has 30 heavy (non-hydrogen) atoms. The van der Waals surface area contributed by atoms with Crippen molar-refractivity contribution < 1.29 is 14.6 Å². The summed E-state index contributed by atoms with van der Waals surface area (Å²) in [5.41, 5.74) is 4.55. The van der Waals surface area contributed by atoms with E-state index in [9.17, 15) is 5.11 Å². The largest absolute Gasteiger partial charge is 0.497 e. The van der Waals surface area contributed by atoms with Crippen molar-refractivity contribution in [3.05, 3.63) is 60.4 Å². The van der Waals surface area contributed by atoms with E-state index in [0.717, 1.165) is 46.9 Å². The molecule has 0 radical (unpaired) electrons. The maximum atomic E-state index is 10.4. The fourth-order valence-electron chi connectivity index (χ4n) is 2.93.